The molecule has 1 aliphatic rings. The molecule has 3 nitrogen and oxygen atoms in total. The van der Waals surface area contributed by atoms with E-state index >= 15 is 0 Å². The van der Waals surface area contributed by atoms with Crippen LogP contribution in [0.2, 0.25) is 0 Å². The van der Waals surface area contributed by atoms with Crippen molar-refractivity contribution in [3.05, 3.63) is 35.0 Å². The van der Waals surface area contributed by atoms with Gasteiger partial charge in [-0.3, -0.25) is 4.79 Å². The maximum atomic E-state index is 11.0. The van der Waals surface area contributed by atoms with Gasteiger partial charge in [-0.1, -0.05) is 6.07 Å². The third kappa shape index (κ3) is 2.25. The largest absolute Gasteiger partial charge is 0.481 e. The molecular weight excluding hydrogens is 238 g/mol. The maximum Gasteiger partial charge on any atom is 0.303 e. The van der Waals surface area contributed by atoms with E-state index < -0.39 is 5.97 Å². The number of aryl methyl sites for hydroxylation is 2. The van der Waals surface area contributed by atoms with Gasteiger partial charge in [-0.05, 0) is 61.8 Å². The van der Waals surface area contributed by atoms with E-state index in [2.05, 4.69) is 37.0 Å². The van der Waals surface area contributed by atoms with E-state index in [4.69, 9.17) is 5.11 Å². The van der Waals surface area contributed by atoms with Gasteiger partial charge in [-0.25, -0.2) is 0 Å². The Kier molecular flexibility index (Phi) is 2.85. The average Bonchev–Trinajstić information content (AvgIpc) is 3.15. The van der Waals surface area contributed by atoms with Crippen molar-refractivity contribution in [1.82, 2.24) is 4.98 Å². The van der Waals surface area contributed by atoms with Crippen LogP contribution >= 0.6 is 0 Å². The second-order valence-corrected chi connectivity index (χ2v) is 5.72. The molecule has 0 saturated heterocycles. The fourth-order valence-electron chi connectivity index (χ4n) is 2.95. The monoisotopic (exact) mass is 257 g/mol. The predicted molar refractivity (Wildman–Crippen MR) is 75.5 cm³/mol. The summed E-state index contributed by atoms with van der Waals surface area (Å²) in [4.78, 5) is 14.4. The standard InChI is InChI=1S/C16H19NO2/c1-9-10(2)17-15-6-5-12(7-13(9)15)14(8-16(18)19)11-3-4-11/h5-7,11,14,17H,3-4,8H2,1-2H3,(H,18,19). The number of hydrogen-bond acceptors (Lipinski definition) is 1. The Morgan fingerprint density at radius 2 is 2.16 bits per heavy atom. The average molecular weight is 257 g/mol. The van der Waals surface area contributed by atoms with Gasteiger partial charge in [0.2, 0.25) is 0 Å². The van der Waals surface area contributed by atoms with Gasteiger partial charge in [0.05, 0.1) is 6.42 Å². The normalized spacial score (nSPS) is 16.7. The molecule has 1 aromatic heterocycles. The molecule has 3 heteroatoms. The summed E-state index contributed by atoms with van der Waals surface area (Å²) in [6, 6.07) is 6.35. The highest BCUT2D eigenvalue weighted by Gasteiger charge is 2.33. The van der Waals surface area contributed by atoms with Crippen LogP contribution in [-0.2, 0) is 4.79 Å². The van der Waals surface area contributed by atoms with E-state index in [-0.39, 0.29) is 12.3 Å². The lowest BCUT2D eigenvalue weighted by Crippen LogP contribution is -2.08. The second kappa shape index (κ2) is 4.41. The molecule has 2 aromatic rings. The molecule has 0 aliphatic heterocycles. The molecule has 1 unspecified atom stereocenters. The fourth-order valence-corrected chi connectivity index (χ4v) is 2.95. The van der Waals surface area contributed by atoms with E-state index in [1.165, 1.54) is 35.0 Å². The molecule has 0 radical (unpaired) electrons. The molecule has 3 rings (SSSR count). The van der Waals surface area contributed by atoms with Crippen molar-refractivity contribution in [1.29, 1.82) is 0 Å². The Hall–Kier alpha value is -1.77. The minimum absolute atomic E-state index is 0.177. The number of fused-ring (bicyclic) bond motifs is 1. The lowest BCUT2D eigenvalue weighted by molar-refractivity contribution is -0.137. The molecule has 100 valence electrons. The molecule has 1 atom stereocenters. The molecule has 19 heavy (non-hydrogen) atoms. The first kappa shape index (κ1) is 12.3. The molecular formula is C16H19NO2. The summed E-state index contributed by atoms with van der Waals surface area (Å²) in [5.74, 6) is 0.0457. The van der Waals surface area contributed by atoms with Crippen LogP contribution in [0, 0.1) is 19.8 Å². The number of hydrogen-bond donors (Lipinski definition) is 2. The Morgan fingerprint density at radius 3 is 2.79 bits per heavy atom. The van der Waals surface area contributed by atoms with Crippen molar-refractivity contribution in [2.75, 3.05) is 0 Å². The lowest BCUT2D eigenvalue weighted by atomic mass is 9.90. The van der Waals surface area contributed by atoms with Gasteiger partial charge in [0.25, 0.3) is 0 Å². The number of benzene rings is 1. The molecule has 1 aliphatic carbocycles. The van der Waals surface area contributed by atoms with Crippen LogP contribution in [0.4, 0.5) is 0 Å². The molecule has 0 spiro atoms. The minimum atomic E-state index is -0.695. The van der Waals surface area contributed by atoms with E-state index in [1.807, 2.05) is 0 Å². The van der Waals surface area contributed by atoms with E-state index in [0.29, 0.717) is 5.92 Å². The first-order valence-electron chi connectivity index (χ1n) is 6.87. The third-order valence-electron chi connectivity index (χ3n) is 4.35. The quantitative estimate of drug-likeness (QED) is 0.876. The molecule has 0 bridgehead atoms. The van der Waals surface area contributed by atoms with Gasteiger partial charge >= 0.3 is 5.97 Å². The van der Waals surface area contributed by atoms with Crippen LogP contribution in [-0.4, -0.2) is 16.1 Å². The van der Waals surface area contributed by atoms with Crippen LogP contribution in [0.3, 0.4) is 0 Å². The molecule has 1 aromatic carbocycles. The summed E-state index contributed by atoms with van der Waals surface area (Å²) >= 11 is 0. The van der Waals surface area contributed by atoms with Gasteiger partial charge in [0.15, 0.2) is 0 Å². The van der Waals surface area contributed by atoms with Gasteiger partial charge in [-0.2, -0.15) is 0 Å². The number of carbonyl (C=O) groups is 1. The van der Waals surface area contributed by atoms with Gasteiger partial charge in [0, 0.05) is 16.6 Å². The Labute approximate surface area is 112 Å². The van der Waals surface area contributed by atoms with Crippen molar-refractivity contribution >= 4 is 16.9 Å². The summed E-state index contributed by atoms with van der Waals surface area (Å²) in [6.45, 7) is 4.19. The first-order chi connectivity index (χ1) is 9.06. The number of nitrogens with one attached hydrogen (secondary N) is 1. The summed E-state index contributed by atoms with van der Waals surface area (Å²) < 4.78 is 0. The summed E-state index contributed by atoms with van der Waals surface area (Å²) in [7, 11) is 0. The summed E-state index contributed by atoms with van der Waals surface area (Å²) in [5, 5.41) is 10.3. The first-order valence-corrected chi connectivity index (χ1v) is 6.87. The molecule has 0 amide bonds. The van der Waals surface area contributed by atoms with Crippen molar-refractivity contribution in [3.63, 3.8) is 0 Å². The Bertz CT molecular complexity index is 637. The Balaban J connectivity index is 2.02. The van der Waals surface area contributed by atoms with E-state index in [1.54, 1.807) is 0 Å². The fraction of sp³-hybridized carbons (Fsp3) is 0.438. The van der Waals surface area contributed by atoms with Crippen LogP contribution in [0.25, 0.3) is 10.9 Å². The number of aliphatic carboxylic acids is 1. The Morgan fingerprint density at radius 1 is 1.42 bits per heavy atom. The summed E-state index contributed by atoms with van der Waals surface area (Å²) in [5.41, 5.74) is 4.78. The van der Waals surface area contributed by atoms with Gasteiger partial charge < -0.3 is 10.1 Å². The topological polar surface area (TPSA) is 53.1 Å². The van der Waals surface area contributed by atoms with Crippen LogP contribution in [0.15, 0.2) is 18.2 Å². The third-order valence-corrected chi connectivity index (χ3v) is 4.35. The molecule has 1 fully saturated rings. The van der Waals surface area contributed by atoms with Crippen molar-refractivity contribution in [3.8, 4) is 0 Å². The number of carboxylic acids is 1. The maximum absolute atomic E-state index is 11.0. The second-order valence-electron chi connectivity index (χ2n) is 5.72. The SMILES string of the molecule is Cc1[nH]c2ccc(C(CC(=O)O)C3CC3)cc2c1C. The lowest BCUT2D eigenvalue weighted by Gasteiger charge is -2.14. The van der Waals surface area contributed by atoms with Crippen LogP contribution in [0.5, 0.6) is 0 Å². The van der Waals surface area contributed by atoms with Crippen molar-refractivity contribution in [2.24, 2.45) is 5.92 Å². The van der Waals surface area contributed by atoms with Gasteiger partial charge in [0.1, 0.15) is 0 Å². The van der Waals surface area contributed by atoms with Crippen molar-refractivity contribution < 1.29 is 9.90 Å². The highest BCUT2D eigenvalue weighted by Crippen LogP contribution is 2.45. The molecule has 2 N–H and O–H groups in total. The highest BCUT2D eigenvalue weighted by molar-refractivity contribution is 5.85. The number of rotatable bonds is 4. The van der Waals surface area contributed by atoms with E-state index in [9.17, 15) is 4.79 Å². The summed E-state index contributed by atoms with van der Waals surface area (Å²) in [6.07, 6.45) is 2.58. The van der Waals surface area contributed by atoms with Crippen molar-refractivity contribution in [2.45, 2.75) is 39.0 Å². The number of H-pyrrole nitrogens is 1. The van der Waals surface area contributed by atoms with Crippen LogP contribution < -0.4 is 0 Å². The number of aromatic nitrogens is 1. The predicted octanol–water partition coefficient (Wildman–Crippen LogP) is 3.75. The smallest absolute Gasteiger partial charge is 0.303 e. The molecule has 1 heterocycles. The van der Waals surface area contributed by atoms with Crippen LogP contribution in [0.1, 0.15) is 42.0 Å². The van der Waals surface area contributed by atoms with Gasteiger partial charge in [-0.15, -0.1) is 0 Å². The molecule has 1 saturated carbocycles. The zero-order valence-corrected chi connectivity index (χ0v) is 11.4. The highest BCUT2D eigenvalue weighted by atomic mass is 16.4. The zero-order valence-electron chi connectivity index (χ0n) is 11.4. The number of aromatic amines is 1. The number of carboxylic acid groups (broad SMARTS) is 1. The zero-order chi connectivity index (χ0) is 13.6. The van der Waals surface area contributed by atoms with E-state index in [0.717, 1.165) is 5.52 Å². The minimum Gasteiger partial charge on any atom is -0.481 e.